The Labute approximate surface area is 150 Å². The fraction of sp³-hybridized carbons (Fsp3) is 0.438. The lowest BCUT2D eigenvalue weighted by molar-refractivity contribution is -0.401. The molecule has 0 aromatic carbocycles. The maximum atomic E-state index is 11.3. The summed E-state index contributed by atoms with van der Waals surface area (Å²) in [6.45, 7) is 6.80. The summed E-state index contributed by atoms with van der Waals surface area (Å²) in [6.07, 6.45) is 3.37. The monoisotopic (exact) mass is 363 g/mol. The molecule has 10 nitrogen and oxygen atoms in total. The van der Waals surface area contributed by atoms with E-state index in [1.54, 1.807) is 17.8 Å². The molecule has 0 unspecified atom stereocenters. The Morgan fingerprint density at radius 3 is 2.92 bits per heavy atom. The van der Waals surface area contributed by atoms with Crippen molar-refractivity contribution in [3.05, 3.63) is 34.0 Å². The second-order valence-electron chi connectivity index (χ2n) is 5.86. The van der Waals surface area contributed by atoms with Crippen molar-refractivity contribution in [1.82, 2.24) is 15.2 Å². The van der Waals surface area contributed by atoms with Gasteiger partial charge in [-0.2, -0.15) is 10.2 Å². The first-order valence-electron chi connectivity index (χ1n) is 8.18. The van der Waals surface area contributed by atoms with Gasteiger partial charge in [0.15, 0.2) is 5.76 Å². The van der Waals surface area contributed by atoms with Crippen molar-refractivity contribution in [3.63, 3.8) is 0 Å². The number of ether oxygens (including phenoxy) is 1. The van der Waals surface area contributed by atoms with Crippen LogP contribution in [-0.2, 0) is 11.3 Å². The normalized spacial score (nSPS) is 11.2. The maximum Gasteiger partial charge on any atom is 0.433 e. The van der Waals surface area contributed by atoms with E-state index in [2.05, 4.69) is 29.5 Å². The number of aryl methyl sites for hydroxylation is 1. The number of hydrazone groups is 1. The van der Waals surface area contributed by atoms with Crippen LogP contribution in [0.25, 0.3) is 11.5 Å². The van der Waals surface area contributed by atoms with Gasteiger partial charge in [-0.1, -0.05) is 13.8 Å². The molecule has 2 rings (SSSR count). The van der Waals surface area contributed by atoms with Gasteiger partial charge in [0.25, 0.3) is 0 Å². The topological polar surface area (TPSA) is 125 Å². The number of aromatic nitrogens is 2. The number of carbonyl (C=O) groups excluding carboxylic acids is 1. The van der Waals surface area contributed by atoms with Crippen LogP contribution in [0.15, 0.2) is 27.8 Å². The van der Waals surface area contributed by atoms with Crippen molar-refractivity contribution in [2.45, 2.75) is 33.7 Å². The van der Waals surface area contributed by atoms with Gasteiger partial charge >= 0.3 is 12.0 Å². The van der Waals surface area contributed by atoms with Gasteiger partial charge in [0.05, 0.1) is 18.9 Å². The quantitative estimate of drug-likeness (QED) is 0.436. The van der Waals surface area contributed by atoms with Crippen LogP contribution in [0, 0.1) is 16.0 Å². The van der Waals surface area contributed by atoms with Gasteiger partial charge in [-0.05, 0) is 25.3 Å². The lowest BCUT2D eigenvalue weighted by atomic mass is 10.1. The molecule has 0 fully saturated rings. The van der Waals surface area contributed by atoms with Crippen molar-refractivity contribution >= 4 is 18.2 Å². The van der Waals surface area contributed by atoms with Crippen LogP contribution in [0.2, 0.25) is 0 Å². The molecule has 26 heavy (non-hydrogen) atoms. The number of furan rings is 1. The second-order valence-corrected chi connectivity index (χ2v) is 5.86. The molecule has 0 atom stereocenters. The Hall–Kier alpha value is -3.17. The number of amides is 1. The predicted octanol–water partition coefficient (Wildman–Crippen LogP) is 3.18. The molecule has 140 valence electrons. The molecule has 0 saturated carbocycles. The average molecular weight is 363 g/mol. The minimum Gasteiger partial charge on any atom is -0.449 e. The smallest absolute Gasteiger partial charge is 0.433 e. The van der Waals surface area contributed by atoms with E-state index in [0.29, 0.717) is 23.7 Å². The summed E-state index contributed by atoms with van der Waals surface area (Å²) >= 11 is 0. The molecule has 0 bridgehead atoms. The third-order valence-electron chi connectivity index (χ3n) is 3.37. The Bertz CT molecular complexity index is 793. The largest absolute Gasteiger partial charge is 0.449 e. The summed E-state index contributed by atoms with van der Waals surface area (Å²) in [6, 6.07) is 2.74. The van der Waals surface area contributed by atoms with E-state index in [1.807, 2.05) is 0 Å². The fourth-order valence-electron chi connectivity index (χ4n) is 2.10. The van der Waals surface area contributed by atoms with E-state index >= 15 is 0 Å². The number of nitro groups is 1. The molecule has 2 aromatic heterocycles. The van der Waals surface area contributed by atoms with E-state index in [1.165, 1.54) is 18.3 Å². The lowest BCUT2D eigenvalue weighted by Gasteiger charge is -2.03. The highest BCUT2D eigenvalue weighted by molar-refractivity contribution is 5.88. The minimum atomic E-state index is -0.675. The van der Waals surface area contributed by atoms with Gasteiger partial charge in [0.2, 0.25) is 0 Å². The first kappa shape index (κ1) is 19.2. The molecule has 0 radical (unpaired) electrons. The number of nitrogens with one attached hydrogen (secondary N) is 1. The predicted molar refractivity (Wildman–Crippen MR) is 93.8 cm³/mol. The zero-order valence-electron chi connectivity index (χ0n) is 14.8. The van der Waals surface area contributed by atoms with E-state index in [0.717, 1.165) is 6.42 Å². The van der Waals surface area contributed by atoms with E-state index in [-0.39, 0.29) is 18.3 Å². The van der Waals surface area contributed by atoms with Gasteiger partial charge in [0, 0.05) is 18.3 Å². The van der Waals surface area contributed by atoms with Crippen molar-refractivity contribution in [2.75, 3.05) is 6.61 Å². The van der Waals surface area contributed by atoms with Crippen molar-refractivity contribution in [1.29, 1.82) is 0 Å². The summed E-state index contributed by atoms with van der Waals surface area (Å²) < 4.78 is 11.7. The summed E-state index contributed by atoms with van der Waals surface area (Å²) in [5.41, 5.74) is 3.18. The molecule has 2 aromatic rings. The Morgan fingerprint density at radius 2 is 2.31 bits per heavy atom. The first-order valence-corrected chi connectivity index (χ1v) is 8.18. The van der Waals surface area contributed by atoms with Crippen LogP contribution in [0.4, 0.5) is 10.7 Å². The molecular formula is C16H21N5O5. The van der Waals surface area contributed by atoms with Gasteiger partial charge in [-0.3, -0.25) is 14.8 Å². The summed E-state index contributed by atoms with van der Waals surface area (Å²) in [5.74, 6) is 0.372. The Balaban J connectivity index is 2.26. The first-order chi connectivity index (χ1) is 12.4. The third kappa shape index (κ3) is 5.16. The molecule has 10 heteroatoms. The number of hydrogen-bond acceptors (Lipinski definition) is 7. The SMILES string of the molecule is CCOC(=O)N/N=C/c1cn(CCC(C)C)nc1-c1ccc([N+](=O)[O-])o1. The third-order valence-corrected chi connectivity index (χ3v) is 3.37. The highest BCUT2D eigenvalue weighted by Gasteiger charge is 2.18. The standard InChI is InChI=1S/C16H21N5O5/c1-4-25-16(22)18-17-9-12-10-20(8-7-11(2)3)19-15(12)13-5-6-14(26-13)21(23)24/h5-6,9-11H,4,7-8H2,1-3H3,(H,18,22)/b17-9+. The van der Waals surface area contributed by atoms with Gasteiger partial charge in [-0.15, -0.1) is 0 Å². The molecule has 0 aliphatic carbocycles. The maximum absolute atomic E-state index is 11.3. The Kier molecular flexibility index (Phi) is 6.48. The van der Waals surface area contributed by atoms with Gasteiger partial charge in [-0.25, -0.2) is 10.2 Å². The highest BCUT2D eigenvalue weighted by atomic mass is 16.6. The average Bonchev–Trinajstić information content (AvgIpc) is 3.20. The highest BCUT2D eigenvalue weighted by Crippen LogP contribution is 2.27. The van der Waals surface area contributed by atoms with Crippen LogP contribution >= 0.6 is 0 Å². The summed E-state index contributed by atoms with van der Waals surface area (Å²) in [5, 5.41) is 19.1. The van der Waals surface area contributed by atoms with E-state index in [4.69, 9.17) is 9.15 Å². The van der Waals surface area contributed by atoms with Gasteiger partial charge < -0.3 is 9.15 Å². The van der Waals surface area contributed by atoms with Gasteiger partial charge in [0.1, 0.15) is 10.6 Å². The molecule has 0 spiro atoms. The fourth-order valence-corrected chi connectivity index (χ4v) is 2.10. The van der Waals surface area contributed by atoms with Crippen molar-refractivity contribution in [3.8, 4) is 11.5 Å². The van der Waals surface area contributed by atoms with Crippen molar-refractivity contribution in [2.24, 2.45) is 11.0 Å². The second kappa shape index (κ2) is 8.79. The van der Waals surface area contributed by atoms with E-state index in [9.17, 15) is 14.9 Å². The molecular weight excluding hydrogens is 342 g/mol. The van der Waals surface area contributed by atoms with Crippen LogP contribution < -0.4 is 5.43 Å². The summed E-state index contributed by atoms with van der Waals surface area (Å²) in [7, 11) is 0. The van der Waals surface area contributed by atoms with Crippen LogP contribution in [0.3, 0.4) is 0 Å². The lowest BCUT2D eigenvalue weighted by Crippen LogP contribution is -2.18. The molecule has 0 aliphatic rings. The zero-order chi connectivity index (χ0) is 19.1. The zero-order valence-corrected chi connectivity index (χ0v) is 14.8. The minimum absolute atomic E-state index is 0.232. The molecule has 0 saturated heterocycles. The van der Waals surface area contributed by atoms with Crippen LogP contribution in [-0.4, -0.2) is 33.6 Å². The van der Waals surface area contributed by atoms with E-state index < -0.39 is 11.0 Å². The molecule has 1 amide bonds. The molecule has 1 N–H and O–H groups in total. The molecule has 2 heterocycles. The Morgan fingerprint density at radius 1 is 1.54 bits per heavy atom. The summed E-state index contributed by atoms with van der Waals surface area (Å²) in [4.78, 5) is 21.5. The van der Waals surface area contributed by atoms with Crippen molar-refractivity contribution < 1.29 is 18.9 Å². The molecule has 0 aliphatic heterocycles. The number of hydrogen-bond donors (Lipinski definition) is 1. The number of nitrogens with zero attached hydrogens (tertiary/aromatic N) is 4. The van der Waals surface area contributed by atoms with Crippen LogP contribution in [0.1, 0.15) is 32.8 Å². The number of carbonyl (C=O) groups is 1. The number of rotatable bonds is 8. The van der Waals surface area contributed by atoms with Crippen LogP contribution in [0.5, 0.6) is 0 Å².